The highest BCUT2D eigenvalue weighted by Crippen LogP contribution is 2.15. The van der Waals surface area contributed by atoms with E-state index in [-0.39, 0.29) is 0 Å². The van der Waals surface area contributed by atoms with Crippen LogP contribution in [-0.2, 0) is 10.5 Å². The third kappa shape index (κ3) is 6.64. The largest absolute Gasteiger partial charge is 0.480 e. The second-order valence-electron chi connectivity index (χ2n) is 4.68. The molecule has 1 aromatic carbocycles. The SMILES string of the molecule is CCCNC(CCSCc1cccc(C)c1)C(=O)O. The summed E-state index contributed by atoms with van der Waals surface area (Å²) in [5.74, 6) is 1.06. The van der Waals surface area contributed by atoms with E-state index in [2.05, 4.69) is 36.5 Å². The van der Waals surface area contributed by atoms with Gasteiger partial charge in [0.2, 0.25) is 0 Å². The van der Waals surface area contributed by atoms with Crippen molar-refractivity contribution in [1.82, 2.24) is 5.32 Å². The van der Waals surface area contributed by atoms with E-state index >= 15 is 0 Å². The zero-order valence-corrected chi connectivity index (χ0v) is 12.5. The zero-order chi connectivity index (χ0) is 14.1. The number of carboxylic acids is 1. The van der Waals surface area contributed by atoms with E-state index in [1.165, 1.54) is 11.1 Å². The molecule has 1 aromatic rings. The molecule has 106 valence electrons. The van der Waals surface area contributed by atoms with Crippen LogP contribution in [0.15, 0.2) is 24.3 Å². The summed E-state index contributed by atoms with van der Waals surface area (Å²) in [4.78, 5) is 11.0. The second-order valence-corrected chi connectivity index (χ2v) is 5.78. The molecule has 1 unspecified atom stereocenters. The number of hydrogen-bond donors (Lipinski definition) is 2. The average Bonchev–Trinajstić information content (AvgIpc) is 2.37. The molecule has 4 heteroatoms. The topological polar surface area (TPSA) is 49.3 Å². The van der Waals surface area contributed by atoms with Gasteiger partial charge in [0.1, 0.15) is 6.04 Å². The molecule has 0 heterocycles. The maximum absolute atomic E-state index is 11.0. The summed E-state index contributed by atoms with van der Waals surface area (Å²) < 4.78 is 0. The van der Waals surface area contributed by atoms with Crippen molar-refractivity contribution >= 4 is 17.7 Å². The highest BCUT2D eigenvalue weighted by molar-refractivity contribution is 7.98. The molecule has 0 fully saturated rings. The van der Waals surface area contributed by atoms with Crippen molar-refractivity contribution in [3.05, 3.63) is 35.4 Å². The highest BCUT2D eigenvalue weighted by Gasteiger charge is 2.15. The Morgan fingerprint density at radius 1 is 1.47 bits per heavy atom. The molecule has 1 atom stereocenters. The van der Waals surface area contributed by atoms with E-state index in [9.17, 15) is 4.79 Å². The molecule has 2 N–H and O–H groups in total. The van der Waals surface area contributed by atoms with Crippen LogP contribution in [0.25, 0.3) is 0 Å². The minimum Gasteiger partial charge on any atom is -0.480 e. The van der Waals surface area contributed by atoms with Crippen molar-refractivity contribution in [1.29, 1.82) is 0 Å². The number of hydrogen-bond acceptors (Lipinski definition) is 3. The summed E-state index contributed by atoms with van der Waals surface area (Å²) in [6.45, 7) is 4.89. The van der Waals surface area contributed by atoms with Crippen LogP contribution >= 0.6 is 11.8 Å². The number of rotatable bonds is 9. The van der Waals surface area contributed by atoms with Crippen molar-refractivity contribution in [2.24, 2.45) is 0 Å². The van der Waals surface area contributed by atoms with Crippen molar-refractivity contribution in [2.45, 2.75) is 38.5 Å². The van der Waals surface area contributed by atoms with Gasteiger partial charge in [0.15, 0.2) is 0 Å². The predicted octanol–water partition coefficient (Wildman–Crippen LogP) is 3.07. The molecule has 1 rings (SSSR count). The van der Waals surface area contributed by atoms with Crippen LogP contribution < -0.4 is 5.32 Å². The maximum atomic E-state index is 11.0. The van der Waals surface area contributed by atoms with Crippen LogP contribution in [-0.4, -0.2) is 29.4 Å². The van der Waals surface area contributed by atoms with Crippen molar-refractivity contribution in [3.63, 3.8) is 0 Å². The second kappa shape index (κ2) is 8.99. The molecule has 19 heavy (non-hydrogen) atoms. The van der Waals surface area contributed by atoms with E-state index in [1.54, 1.807) is 11.8 Å². The third-order valence-corrected chi connectivity index (χ3v) is 3.90. The van der Waals surface area contributed by atoms with Crippen LogP contribution in [0.2, 0.25) is 0 Å². The third-order valence-electron chi connectivity index (χ3n) is 2.84. The average molecular weight is 281 g/mol. The first-order chi connectivity index (χ1) is 9.13. The Morgan fingerprint density at radius 2 is 2.26 bits per heavy atom. The molecule has 0 saturated heterocycles. The summed E-state index contributed by atoms with van der Waals surface area (Å²) in [6.07, 6.45) is 1.63. The summed E-state index contributed by atoms with van der Waals surface area (Å²) in [6, 6.07) is 8.03. The Labute approximate surface area is 119 Å². The van der Waals surface area contributed by atoms with Crippen molar-refractivity contribution in [2.75, 3.05) is 12.3 Å². The Hall–Kier alpha value is -1.00. The lowest BCUT2D eigenvalue weighted by atomic mass is 10.2. The molecule has 0 aliphatic carbocycles. The lowest BCUT2D eigenvalue weighted by molar-refractivity contribution is -0.139. The van der Waals surface area contributed by atoms with Gasteiger partial charge in [-0.25, -0.2) is 0 Å². The minimum absolute atomic E-state index is 0.412. The smallest absolute Gasteiger partial charge is 0.320 e. The molecule has 3 nitrogen and oxygen atoms in total. The fraction of sp³-hybridized carbons (Fsp3) is 0.533. The molecule has 0 aliphatic rings. The molecule has 0 aromatic heterocycles. The Kier molecular flexibility index (Phi) is 7.60. The predicted molar refractivity (Wildman–Crippen MR) is 81.7 cm³/mol. The zero-order valence-electron chi connectivity index (χ0n) is 11.7. The number of carbonyl (C=O) groups is 1. The molecule has 0 aliphatic heterocycles. The van der Waals surface area contributed by atoms with Gasteiger partial charge in [-0.2, -0.15) is 11.8 Å². The van der Waals surface area contributed by atoms with Gasteiger partial charge in [0.25, 0.3) is 0 Å². The normalized spacial score (nSPS) is 12.3. The van der Waals surface area contributed by atoms with Gasteiger partial charge in [-0.3, -0.25) is 4.79 Å². The monoisotopic (exact) mass is 281 g/mol. The molecule has 0 spiro atoms. The van der Waals surface area contributed by atoms with E-state index in [1.807, 2.05) is 6.92 Å². The van der Waals surface area contributed by atoms with Crippen molar-refractivity contribution in [3.8, 4) is 0 Å². The van der Waals surface area contributed by atoms with Crippen LogP contribution in [0.5, 0.6) is 0 Å². The molecular weight excluding hydrogens is 258 g/mol. The lowest BCUT2D eigenvalue weighted by Crippen LogP contribution is -2.37. The Bertz CT molecular complexity index is 395. The molecule has 0 amide bonds. The summed E-state index contributed by atoms with van der Waals surface area (Å²) in [7, 11) is 0. The van der Waals surface area contributed by atoms with Crippen LogP contribution in [0.3, 0.4) is 0 Å². The number of thioether (sulfide) groups is 1. The first-order valence-corrected chi connectivity index (χ1v) is 7.88. The quantitative estimate of drug-likeness (QED) is 0.683. The van der Waals surface area contributed by atoms with Crippen LogP contribution in [0.1, 0.15) is 30.9 Å². The van der Waals surface area contributed by atoms with E-state index in [0.717, 1.165) is 24.5 Å². The fourth-order valence-corrected chi connectivity index (χ4v) is 2.79. The van der Waals surface area contributed by atoms with Crippen LogP contribution in [0.4, 0.5) is 0 Å². The Morgan fingerprint density at radius 3 is 2.89 bits per heavy atom. The van der Waals surface area contributed by atoms with Crippen molar-refractivity contribution < 1.29 is 9.90 Å². The van der Waals surface area contributed by atoms with Gasteiger partial charge in [0, 0.05) is 5.75 Å². The van der Waals surface area contributed by atoms with Gasteiger partial charge in [-0.1, -0.05) is 36.8 Å². The van der Waals surface area contributed by atoms with Gasteiger partial charge >= 0.3 is 5.97 Å². The van der Waals surface area contributed by atoms with E-state index < -0.39 is 12.0 Å². The number of benzene rings is 1. The molecule has 0 saturated carbocycles. The van der Waals surface area contributed by atoms with E-state index in [4.69, 9.17) is 5.11 Å². The van der Waals surface area contributed by atoms with Gasteiger partial charge in [0.05, 0.1) is 0 Å². The Balaban J connectivity index is 2.26. The van der Waals surface area contributed by atoms with E-state index in [0.29, 0.717) is 6.42 Å². The van der Waals surface area contributed by atoms with Gasteiger partial charge in [-0.05, 0) is 37.6 Å². The van der Waals surface area contributed by atoms with Gasteiger partial charge < -0.3 is 10.4 Å². The fourth-order valence-electron chi connectivity index (χ4n) is 1.82. The molecular formula is C15H23NO2S. The maximum Gasteiger partial charge on any atom is 0.320 e. The highest BCUT2D eigenvalue weighted by atomic mass is 32.2. The number of carboxylic acid groups (broad SMARTS) is 1. The number of nitrogens with one attached hydrogen (secondary N) is 1. The van der Waals surface area contributed by atoms with Gasteiger partial charge in [-0.15, -0.1) is 0 Å². The first kappa shape index (κ1) is 16.1. The molecule has 0 bridgehead atoms. The van der Waals surface area contributed by atoms with Crippen LogP contribution in [0, 0.1) is 6.92 Å². The summed E-state index contributed by atoms with van der Waals surface area (Å²) in [5.41, 5.74) is 2.57. The number of aryl methyl sites for hydroxylation is 1. The standard InChI is InChI=1S/C15H23NO2S/c1-3-8-16-14(15(17)18)7-9-19-11-13-6-4-5-12(2)10-13/h4-6,10,14,16H,3,7-9,11H2,1-2H3,(H,17,18). The number of aliphatic carboxylic acids is 1. The lowest BCUT2D eigenvalue weighted by Gasteiger charge is -2.13. The summed E-state index contributed by atoms with van der Waals surface area (Å²) >= 11 is 1.79. The summed E-state index contributed by atoms with van der Waals surface area (Å²) in [5, 5.41) is 12.1. The first-order valence-electron chi connectivity index (χ1n) is 6.73. The minimum atomic E-state index is -0.746. The molecule has 0 radical (unpaired) electrons.